The first-order chi connectivity index (χ1) is 12.3. The van der Waals surface area contributed by atoms with E-state index in [9.17, 15) is 0 Å². The summed E-state index contributed by atoms with van der Waals surface area (Å²) < 4.78 is 0. The van der Waals surface area contributed by atoms with Crippen LogP contribution in [0.15, 0.2) is 48.2 Å². The van der Waals surface area contributed by atoms with Gasteiger partial charge in [0.25, 0.3) is 0 Å². The predicted molar refractivity (Wildman–Crippen MR) is 99.5 cm³/mol. The van der Waals surface area contributed by atoms with E-state index >= 15 is 0 Å². The Balaban J connectivity index is 1.27. The van der Waals surface area contributed by atoms with Gasteiger partial charge in [-0.3, -0.25) is 4.98 Å². The van der Waals surface area contributed by atoms with Crippen LogP contribution in [-0.4, -0.2) is 39.8 Å². The lowest BCUT2D eigenvalue weighted by Crippen LogP contribution is -2.51. The Morgan fingerprint density at radius 3 is 2.68 bits per heavy atom. The molecule has 0 amide bonds. The van der Waals surface area contributed by atoms with Crippen LogP contribution < -0.4 is 10.2 Å². The van der Waals surface area contributed by atoms with Gasteiger partial charge in [-0.2, -0.15) is 0 Å². The minimum atomic E-state index is 0.313. The highest BCUT2D eigenvalue weighted by atomic mass is 32.1. The molecule has 128 valence electrons. The largest absolute Gasteiger partial charge is 0.354 e. The monoisotopic (exact) mass is 352 g/mol. The van der Waals surface area contributed by atoms with Crippen LogP contribution in [0.4, 0.5) is 5.82 Å². The van der Waals surface area contributed by atoms with Gasteiger partial charge >= 0.3 is 0 Å². The van der Waals surface area contributed by atoms with Crippen LogP contribution in [0.3, 0.4) is 0 Å². The van der Waals surface area contributed by atoms with Gasteiger partial charge in [-0.05, 0) is 31.2 Å². The zero-order valence-corrected chi connectivity index (χ0v) is 14.9. The van der Waals surface area contributed by atoms with Crippen molar-refractivity contribution < 1.29 is 0 Å². The van der Waals surface area contributed by atoms with Gasteiger partial charge in [-0.25, -0.2) is 4.98 Å². The van der Waals surface area contributed by atoms with Crippen LogP contribution in [0.5, 0.6) is 0 Å². The van der Waals surface area contributed by atoms with Gasteiger partial charge in [0.2, 0.25) is 0 Å². The second-order valence-electron chi connectivity index (χ2n) is 6.28. The second-order valence-corrected chi connectivity index (χ2v) is 7.21. The molecule has 0 aliphatic carbocycles. The van der Waals surface area contributed by atoms with Gasteiger partial charge in [0.15, 0.2) is 5.82 Å². The number of aromatic nitrogens is 4. The fraction of sp³-hybridized carbons (Fsp3) is 0.333. The summed E-state index contributed by atoms with van der Waals surface area (Å²) in [6.07, 6.45) is 5.40. The summed E-state index contributed by atoms with van der Waals surface area (Å²) in [5.74, 6) is 1.59. The van der Waals surface area contributed by atoms with Crippen molar-refractivity contribution in [2.75, 3.05) is 24.5 Å². The Hall–Kier alpha value is -2.38. The third-order valence-corrected chi connectivity index (χ3v) is 5.40. The number of rotatable bonds is 6. The first kappa shape index (κ1) is 16.1. The topological polar surface area (TPSA) is 66.8 Å². The van der Waals surface area contributed by atoms with E-state index < -0.39 is 0 Å². The lowest BCUT2D eigenvalue weighted by molar-refractivity contribution is 0.366. The highest BCUT2D eigenvalue weighted by Crippen LogP contribution is 2.24. The molecule has 4 rings (SSSR count). The fourth-order valence-corrected chi connectivity index (χ4v) is 3.61. The van der Waals surface area contributed by atoms with E-state index in [4.69, 9.17) is 0 Å². The van der Waals surface area contributed by atoms with E-state index in [2.05, 4.69) is 37.3 Å². The number of pyridine rings is 1. The third kappa shape index (κ3) is 3.67. The smallest absolute Gasteiger partial charge is 0.151 e. The van der Waals surface area contributed by atoms with Crippen molar-refractivity contribution >= 4 is 17.2 Å². The number of anilines is 1. The molecule has 1 N–H and O–H groups in total. The number of nitrogens with one attached hydrogen (secondary N) is 1. The van der Waals surface area contributed by atoms with E-state index in [1.54, 1.807) is 23.7 Å². The summed E-state index contributed by atoms with van der Waals surface area (Å²) in [7, 11) is 0. The number of nitrogens with zero attached hydrogens (tertiary/aromatic N) is 5. The molecule has 1 saturated heterocycles. The second kappa shape index (κ2) is 7.25. The van der Waals surface area contributed by atoms with Crippen LogP contribution in [0.2, 0.25) is 0 Å². The summed E-state index contributed by atoms with van der Waals surface area (Å²) in [6.45, 7) is 5.19. The van der Waals surface area contributed by atoms with Crippen LogP contribution in [-0.2, 0) is 0 Å². The van der Waals surface area contributed by atoms with Crippen molar-refractivity contribution in [3.63, 3.8) is 0 Å². The molecule has 25 heavy (non-hydrogen) atoms. The van der Waals surface area contributed by atoms with E-state index in [-0.39, 0.29) is 0 Å². The number of thiazole rings is 1. The highest BCUT2D eigenvalue weighted by molar-refractivity contribution is 7.09. The predicted octanol–water partition coefficient (Wildman–Crippen LogP) is 2.78. The summed E-state index contributed by atoms with van der Waals surface area (Å²) >= 11 is 1.70. The molecule has 0 saturated carbocycles. The summed E-state index contributed by atoms with van der Waals surface area (Å²) in [5, 5.41) is 15.5. The minimum absolute atomic E-state index is 0.313. The van der Waals surface area contributed by atoms with E-state index in [0.717, 1.165) is 41.7 Å². The van der Waals surface area contributed by atoms with Crippen molar-refractivity contribution in [3.8, 4) is 11.3 Å². The average molecular weight is 352 g/mol. The SMILES string of the molecule is CC(NCC1CN(c2ccc(-c3ccncc3)nn2)C1)c1nccs1. The molecule has 6 nitrogen and oxygen atoms in total. The molecule has 3 aromatic rings. The van der Waals surface area contributed by atoms with E-state index in [1.807, 2.05) is 35.8 Å². The molecule has 3 aromatic heterocycles. The average Bonchev–Trinajstić information content (AvgIpc) is 3.16. The number of hydrogen-bond acceptors (Lipinski definition) is 7. The van der Waals surface area contributed by atoms with Gasteiger partial charge < -0.3 is 10.2 Å². The fourth-order valence-electron chi connectivity index (χ4n) is 2.94. The molecule has 1 atom stereocenters. The minimum Gasteiger partial charge on any atom is -0.354 e. The molecule has 0 aromatic carbocycles. The Labute approximate surface area is 151 Å². The molecule has 0 spiro atoms. The van der Waals surface area contributed by atoms with Crippen molar-refractivity contribution in [3.05, 3.63) is 53.2 Å². The third-order valence-electron chi connectivity index (χ3n) is 4.44. The van der Waals surface area contributed by atoms with Gasteiger partial charge in [0.05, 0.1) is 11.7 Å². The summed E-state index contributed by atoms with van der Waals surface area (Å²) in [5.41, 5.74) is 1.91. The lowest BCUT2D eigenvalue weighted by Gasteiger charge is -2.40. The van der Waals surface area contributed by atoms with E-state index in [0.29, 0.717) is 12.0 Å². The molecule has 1 aliphatic heterocycles. The maximum Gasteiger partial charge on any atom is 0.151 e. The molecule has 0 bridgehead atoms. The van der Waals surface area contributed by atoms with Gasteiger partial charge in [-0.1, -0.05) is 0 Å². The standard InChI is InChI=1S/C18H20N6S/c1-13(18-20-8-9-25-18)21-10-14-11-24(12-14)17-3-2-16(22-23-17)15-4-6-19-7-5-15/h2-9,13-14,21H,10-12H2,1H3. The molecule has 1 unspecified atom stereocenters. The molecule has 1 aliphatic rings. The van der Waals surface area contributed by atoms with Crippen LogP contribution in [0.1, 0.15) is 18.0 Å². The zero-order valence-electron chi connectivity index (χ0n) is 14.0. The van der Waals surface area contributed by atoms with Crippen molar-refractivity contribution in [1.82, 2.24) is 25.5 Å². The quantitative estimate of drug-likeness (QED) is 0.736. The highest BCUT2D eigenvalue weighted by Gasteiger charge is 2.28. The van der Waals surface area contributed by atoms with Crippen LogP contribution >= 0.6 is 11.3 Å². The molecule has 1 fully saturated rings. The number of hydrogen-bond donors (Lipinski definition) is 1. The zero-order chi connectivity index (χ0) is 17.1. The first-order valence-electron chi connectivity index (χ1n) is 8.41. The normalized spacial score (nSPS) is 15.8. The molecule has 0 radical (unpaired) electrons. The van der Waals surface area contributed by atoms with Crippen molar-refractivity contribution in [2.24, 2.45) is 5.92 Å². The Morgan fingerprint density at radius 2 is 2.00 bits per heavy atom. The van der Waals surface area contributed by atoms with Crippen molar-refractivity contribution in [1.29, 1.82) is 0 Å². The van der Waals surface area contributed by atoms with E-state index in [1.165, 1.54) is 0 Å². The molecular weight excluding hydrogens is 332 g/mol. The molecule has 4 heterocycles. The summed E-state index contributed by atoms with van der Waals surface area (Å²) in [6, 6.07) is 8.27. The van der Waals surface area contributed by atoms with Gasteiger partial charge in [0, 0.05) is 55.1 Å². The maximum atomic E-state index is 4.37. The Morgan fingerprint density at radius 1 is 1.16 bits per heavy atom. The lowest BCUT2D eigenvalue weighted by atomic mass is 10.00. The maximum absolute atomic E-state index is 4.37. The van der Waals surface area contributed by atoms with Crippen LogP contribution in [0.25, 0.3) is 11.3 Å². The van der Waals surface area contributed by atoms with Crippen LogP contribution in [0, 0.1) is 5.92 Å². The van der Waals surface area contributed by atoms with Gasteiger partial charge in [0.1, 0.15) is 5.01 Å². The Kier molecular flexibility index (Phi) is 4.67. The van der Waals surface area contributed by atoms with Crippen molar-refractivity contribution in [2.45, 2.75) is 13.0 Å². The molecule has 7 heteroatoms. The Bertz CT molecular complexity index is 784. The van der Waals surface area contributed by atoms with Gasteiger partial charge in [-0.15, -0.1) is 21.5 Å². The first-order valence-corrected chi connectivity index (χ1v) is 9.29. The summed E-state index contributed by atoms with van der Waals surface area (Å²) in [4.78, 5) is 10.7. The molecular formula is C18H20N6S.